The molecule has 5 heteroatoms. The van der Waals surface area contributed by atoms with Gasteiger partial charge in [-0.3, -0.25) is 4.79 Å². The van der Waals surface area contributed by atoms with Gasteiger partial charge in [-0.2, -0.15) is 0 Å². The van der Waals surface area contributed by atoms with Crippen LogP contribution in [-0.4, -0.2) is 5.91 Å². The molecule has 0 unspecified atom stereocenters. The number of thiophene rings is 1. The second-order valence-electron chi connectivity index (χ2n) is 4.75. The van der Waals surface area contributed by atoms with E-state index < -0.39 is 5.63 Å². The molecule has 22 heavy (non-hydrogen) atoms. The topological polar surface area (TPSA) is 59.3 Å². The average Bonchev–Trinajstić information content (AvgIpc) is 3.06. The summed E-state index contributed by atoms with van der Waals surface area (Å²) in [7, 11) is 0. The largest absolute Gasteiger partial charge is 0.420 e. The summed E-state index contributed by atoms with van der Waals surface area (Å²) in [4.78, 5) is 25.2. The Bertz CT molecular complexity index is 851. The maximum absolute atomic E-state index is 12.1. The van der Waals surface area contributed by atoms with Crippen molar-refractivity contribution in [2.75, 3.05) is 5.32 Å². The van der Waals surface area contributed by atoms with Crippen molar-refractivity contribution in [2.24, 2.45) is 0 Å². The summed E-state index contributed by atoms with van der Waals surface area (Å²) in [6.45, 7) is 1.77. The summed E-state index contributed by atoms with van der Waals surface area (Å²) in [6, 6.07) is 14.3. The van der Waals surface area contributed by atoms with Gasteiger partial charge in [-0.1, -0.05) is 24.3 Å². The number of rotatable bonds is 3. The number of carbonyl (C=O) groups is 1. The molecule has 0 aliphatic heterocycles. The minimum absolute atomic E-state index is 0.175. The molecule has 2 heterocycles. The molecule has 4 nitrogen and oxygen atoms in total. The maximum atomic E-state index is 12.1. The molecule has 0 aliphatic rings. The molecule has 0 saturated carbocycles. The van der Waals surface area contributed by atoms with Gasteiger partial charge in [-0.25, -0.2) is 4.79 Å². The molecule has 3 aromatic rings. The summed E-state index contributed by atoms with van der Waals surface area (Å²) < 4.78 is 5.31. The van der Waals surface area contributed by atoms with E-state index in [4.69, 9.17) is 4.42 Å². The molecular formula is C17H13NO3S. The third-order valence-corrected chi connectivity index (χ3v) is 4.07. The first-order chi connectivity index (χ1) is 10.6. The van der Waals surface area contributed by atoms with E-state index in [9.17, 15) is 9.59 Å². The van der Waals surface area contributed by atoms with Crippen LogP contribution in [0.25, 0.3) is 10.6 Å². The molecule has 0 aliphatic carbocycles. The van der Waals surface area contributed by atoms with Crippen molar-refractivity contribution in [1.29, 1.82) is 0 Å². The smallest absolute Gasteiger partial charge is 0.360 e. The van der Waals surface area contributed by atoms with Gasteiger partial charge in [0, 0.05) is 5.56 Å². The Kier molecular flexibility index (Phi) is 3.89. The van der Waals surface area contributed by atoms with Crippen LogP contribution in [0.15, 0.2) is 63.1 Å². The highest BCUT2D eigenvalue weighted by Crippen LogP contribution is 2.26. The number of nitrogens with one attached hydrogen (secondary N) is 1. The second kappa shape index (κ2) is 5.99. The second-order valence-corrected chi connectivity index (χ2v) is 5.70. The van der Waals surface area contributed by atoms with Crippen molar-refractivity contribution in [3.63, 3.8) is 0 Å². The molecule has 1 amide bonds. The molecule has 1 aromatic carbocycles. The number of aryl methyl sites for hydroxylation is 1. The highest BCUT2D eigenvalue weighted by molar-refractivity contribution is 7.13. The Morgan fingerprint density at radius 2 is 1.91 bits per heavy atom. The number of anilines is 1. The summed E-state index contributed by atoms with van der Waals surface area (Å²) in [5.41, 5.74) is 0.786. The molecule has 1 N–H and O–H groups in total. The zero-order chi connectivity index (χ0) is 15.5. The van der Waals surface area contributed by atoms with Crippen molar-refractivity contribution in [3.05, 3.63) is 75.5 Å². The van der Waals surface area contributed by atoms with Crippen LogP contribution in [0, 0.1) is 6.92 Å². The van der Waals surface area contributed by atoms with Crippen LogP contribution in [0.5, 0.6) is 0 Å². The zero-order valence-electron chi connectivity index (χ0n) is 11.8. The normalized spacial score (nSPS) is 10.4. The zero-order valence-corrected chi connectivity index (χ0v) is 12.6. The fourth-order valence-electron chi connectivity index (χ4n) is 2.08. The molecule has 0 radical (unpaired) electrons. The number of hydrogen-bond acceptors (Lipinski definition) is 4. The van der Waals surface area contributed by atoms with Gasteiger partial charge in [0.25, 0.3) is 5.91 Å². The van der Waals surface area contributed by atoms with E-state index >= 15 is 0 Å². The summed E-state index contributed by atoms with van der Waals surface area (Å²) in [6.07, 6.45) is 0. The fourth-order valence-corrected chi connectivity index (χ4v) is 2.75. The molecule has 0 fully saturated rings. The van der Waals surface area contributed by atoms with Crippen LogP contribution in [0.1, 0.15) is 15.9 Å². The SMILES string of the molecule is Cc1cc(-c2cccs2)oc(=O)c1NC(=O)c1ccccc1. The number of benzene rings is 1. The van der Waals surface area contributed by atoms with E-state index in [0.717, 1.165) is 4.88 Å². The predicted molar refractivity (Wildman–Crippen MR) is 87.4 cm³/mol. The third-order valence-electron chi connectivity index (χ3n) is 3.19. The Labute approximate surface area is 131 Å². The molecule has 2 aromatic heterocycles. The van der Waals surface area contributed by atoms with Crippen LogP contribution in [0.3, 0.4) is 0 Å². The molecule has 0 saturated heterocycles. The van der Waals surface area contributed by atoms with Gasteiger partial charge < -0.3 is 9.73 Å². The molecule has 0 atom stereocenters. The lowest BCUT2D eigenvalue weighted by Gasteiger charge is -2.08. The average molecular weight is 311 g/mol. The van der Waals surface area contributed by atoms with Crippen molar-refractivity contribution >= 4 is 22.9 Å². The van der Waals surface area contributed by atoms with Crippen LogP contribution < -0.4 is 10.9 Å². The van der Waals surface area contributed by atoms with Gasteiger partial charge in [0.1, 0.15) is 11.4 Å². The van der Waals surface area contributed by atoms with E-state index in [1.807, 2.05) is 23.6 Å². The Morgan fingerprint density at radius 1 is 1.14 bits per heavy atom. The lowest BCUT2D eigenvalue weighted by atomic mass is 10.2. The van der Waals surface area contributed by atoms with E-state index in [0.29, 0.717) is 16.9 Å². The van der Waals surface area contributed by atoms with Gasteiger partial charge >= 0.3 is 5.63 Å². The van der Waals surface area contributed by atoms with E-state index in [-0.39, 0.29) is 11.6 Å². The highest BCUT2D eigenvalue weighted by Gasteiger charge is 2.14. The lowest BCUT2D eigenvalue weighted by Crippen LogP contribution is -2.19. The van der Waals surface area contributed by atoms with E-state index in [2.05, 4.69) is 5.32 Å². The van der Waals surface area contributed by atoms with Crippen LogP contribution >= 0.6 is 11.3 Å². The maximum Gasteiger partial charge on any atom is 0.360 e. The molecule has 0 spiro atoms. The summed E-state index contributed by atoms with van der Waals surface area (Å²) in [5.74, 6) is 0.176. The minimum atomic E-state index is -0.548. The fraction of sp³-hybridized carbons (Fsp3) is 0.0588. The van der Waals surface area contributed by atoms with Crippen molar-refractivity contribution in [1.82, 2.24) is 0 Å². The molecular weight excluding hydrogens is 298 g/mol. The van der Waals surface area contributed by atoms with Crippen molar-refractivity contribution in [3.8, 4) is 10.6 Å². The first-order valence-electron chi connectivity index (χ1n) is 6.70. The summed E-state index contributed by atoms with van der Waals surface area (Å²) in [5, 5.41) is 4.54. The minimum Gasteiger partial charge on any atom is -0.420 e. The monoisotopic (exact) mass is 311 g/mol. The quantitative estimate of drug-likeness (QED) is 0.797. The van der Waals surface area contributed by atoms with Gasteiger partial charge in [-0.05, 0) is 42.1 Å². The van der Waals surface area contributed by atoms with Gasteiger partial charge in [0.05, 0.1) is 4.88 Å². The molecule has 110 valence electrons. The van der Waals surface area contributed by atoms with Crippen molar-refractivity contribution in [2.45, 2.75) is 6.92 Å². The van der Waals surface area contributed by atoms with Gasteiger partial charge in [0.2, 0.25) is 0 Å². The van der Waals surface area contributed by atoms with Crippen LogP contribution in [-0.2, 0) is 0 Å². The highest BCUT2D eigenvalue weighted by atomic mass is 32.1. The number of amides is 1. The Hall–Kier alpha value is -2.66. The van der Waals surface area contributed by atoms with E-state index in [1.54, 1.807) is 37.3 Å². The van der Waals surface area contributed by atoms with Gasteiger partial charge in [0.15, 0.2) is 0 Å². The molecule has 3 rings (SSSR count). The summed E-state index contributed by atoms with van der Waals surface area (Å²) >= 11 is 1.49. The Morgan fingerprint density at radius 3 is 2.55 bits per heavy atom. The Balaban J connectivity index is 1.92. The molecule has 0 bridgehead atoms. The third kappa shape index (κ3) is 2.84. The van der Waals surface area contributed by atoms with Crippen molar-refractivity contribution < 1.29 is 9.21 Å². The first-order valence-corrected chi connectivity index (χ1v) is 7.58. The van der Waals surface area contributed by atoms with Crippen LogP contribution in [0.4, 0.5) is 5.69 Å². The standard InChI is InChI=1S/C17H13NO3S/c1-11-10-13(14-8-5-9-22-14)21-17(20)15(11)18-16(19)12-6-3-2-4-7-12/h2-10H,1H3,(H,18,19). The number of hydrogen-bond donors (Lipinski definition) is 1. The lowest BCUT2D eigenvalue weighted by molar-refractivity contribution is 0.102. The van der Waals surface area contributed by atoms with E-state index in [1.165, 1.54) is 11.3 Å². The predicted octanol–water partition coefficient (Wildman–Crippen LogP) is 3.93. The van der Waals surface area contributed by atoms with Crippen LogP contribution in [0.2, 0.25) is 0 Å². The first kappa shape index (κ1) is 14.3. The number of carbonyl (C=O) groups excluding carboxylic acids is 1. The van der Waals surface area contributed by atoms with Gasteiger partial charge in [-0.15, -0.1) is 11.3 Å².